The Kier molecular flexibility index (Phi) is 6.92. The van der Waals surface area contributed by atoms with E-state index < -0.39 is 0 Å². The third-order valence-corrected chi connectivity index (χ3v) is 6.67. The highest BCUT2D eigenvalue weighted by atomic mass is 16.5. The van der Waals surface area contributed by atoms with E-state index in [1.165, 1.54) is 64.0 Å². The molecule has 1 aromatic rings. The summed E-state index contributed by atoms with van der Waals surface area (Å²) < 4.78 is 11.8. The van der Waals surface area contributed by atoms with E-state index in [0.29, 0.717) is 0 Å². The normalized spacial score (nSPS) is 27.9. The maximum atomic E-state index is 6.02. The van der Waals surface area contributed by atoms with E-state index in [4.69, 9.17) is 9.47 Å². The smallest absolute Gasteiger partial charge is 0.119 e. The van der Waals surface area contributed by atoms with Crippen LogP contribution >= 0.6 is 0 Å². The average molecular weight is 387 g/mol. The van der Waals surface area contributed by atoms with Crippen LogP contribution in [-0.4, -0.2) is 61.8 Å². The zero-order chi connectivity index (χ0) is 19.3. The van der Waals surface area contributed by atoms with Crippen LogP contribution in [0, 0.1) is 17.8 Å². The molecule has 4 heteroatoms. The van der Waals surface area contributed by atoms with Gasteiger partial charge >= 0.3 is 0 Å². The maximum Gasteiger partial charge on any atom is 0.119 e. The third-order valence-electron chi connectivity index (χ3n) is 6.67. The van der Waals surface area contributed by atoms with Gasteiger partial charge in [-0.05, 0) is 81.6 Å². The number of hydrogen-bond donors (Lipinski definition) is 0. The Labute approximate surface area is 171 Å². The molecule has 2 saturated heterocycles. The van der Waals surface area contributed by atoms with Crippen LogP contribution in [0.1, 0.15) is 45.1 Å². The summed E-state index contributed by atoms with van der Waals surface area (Å²) in [7, 11) is 0. The van der Waals surface area contributed by atoms with E-state index in [0.717, 1.165) is 43.3 Å². The monoisotopic (exact) mass is 386 g/mol. The molecule has 4 nitrogen and oxygen atoms in total. The van der Waals surface area contributed by atoms with Crippen LogP contribution in [0.3, 0.4) is 0 Å². The van der Waals surface area contributed by atoms with Crippen molar-refractivity contribution in [3.8, 4) is 5.75 Å². The second-order valence-corrected chi connectivity index (χ2v) is 9.33. The fourth-order valence-electron chi connectivity index (χ4n) is 5.11. The minimum atomic E-state index is 0.237. The molecule has 156 valence electrons. The standard InChI is InChI=1S/C24H38N2O2/c1-19(2)28-21-9-7-20(8-10-21)15-26-16-22-23(17-26)24(22)18-27-14-6-13-25-11-4-3-5-12-25/h7-10,19,22-24H,3-6,11-18H2,1-2H3. The number of ether oxygens (including phenoxy) is 2. The largest absolute Gasteiger partial charge is 0.491 e. The molecule has 0 amide bonds. The maximum absolute atomic E-state index is 6.02. The zero-order valence-corrected chi connectivity index (χ0v) is 17.8. The van der Waals surface area contributed by atoms with Crippen molar-refractivity contribution in [3.05, 3.63) is 29.8 Å². The van der Waals surface area contributed by atoms with Crippen molar-refractivity contribution in [1.82, 2.24) is 9.80 Å². The lowest BCUT2D eigenvalue weighted by Crippen LogP contribution is -2.31. The molecular formula is C24H38N2O2. The van der Waals surface area contributed by atoms with Gasteiger partial charge in [-0.25, -0.2) is 0 Å². The molecular weight excluding hydrogens is 348 g/mol. The topological polar surface area (TPSA) is 24.9 Å². The van der Waals surface area contributed by atoms with Crippen LogP contribution in [0.4, 0.5) is 0 Å². The molecule has 0 spiro atoms. The first-order valence-corrected chi connectivity index (χ1v) is 11.5. The lowest BCUT2D eigenvalue weighted by Gasteiger charge is -2.26. The summed E-state index contributed by atoms with van der Waals surface area (Å²) in [5.74, 6) is 3.56. The van der Waals surface area contributed by atoms with Crippen molar-refractivity contribution in [1.29, 1.82) is 0 Å². The Morgan fingerprint density at radius 3 is 2.36 bits per heavy atom. The molecule has 2 heterocycles. The Morgan fingerprint density at radius 2 is 1.68 bits per heavy atom. The highest BCUT2D eigenvalue weighted by Crippen LogP contribution is 2.52. The van der Waals surface area contributed by atoms with Gasteiger partial charge in [-0.1, -0.05) is 18.6 Å². The van der Waals surface area contributed by atoms with Crippen molar-refractivity contribution in [3.63, 3.8) is 0 Å². The highest BCUT2D eigenvalue weighted by Gasteiger charge is 2.55. The van der Waals surface area contributed by atoms with Gasteiger partial charge in [0.2, 0.25) is 0 Å². The predicted octanol–water partition coefficient (Wildman–Crippen LogP) is 4.04. The molecule has 1 aliphatic carbocycles. The first-order valence-electron chi connectivity index (χ1n) is 11.5. The first-order chi connectivity index (χ1) is 13.7. The molecule has 0 radical (unpaired) electrons. The van der Waals surface area contributed by atoms with Crippen LogP contribution in [0.25, 0.3) is 0 Å². The molecule has 1 aromatic carbocycles. The fourth-order valence-corrected chi connectivity index (χ4v) is 5.11. The van der Waals surface area contributed by atoms with Crippen molar-refractivity contribution < 1.29 is 9.47 Å². The van der Waals surface area contributed by atoms with Gasteiger partial charge in [0.25, 0.3) is 0 Å². The van der Waals surface area contributed by atoms with E-state index in [2.05, 4.69) is 47.9 Å². The Bertz CT molecular complexity index is 585. The van der Waals surface area contributed by atoms with Crippen LogP contribution < -0.4 is 4.74 Å². The van der Waals surface area contributed by atoms with Crippen LogP contribution in [0.5, 0.6) is 5.75 Å². The summed E-state index contributed by atoms with van der Waals surface area (Å²) in [4.78, 5) is 5.22. The van der Waals surface area contributed by atoms with Crippen LogP contribution in [0.2, 0.25) is 0 Å². The average Bonchev–Trinajstić information content (AvgIpc) is 3.14. The molecule has 0 N–H and O–H groups in total. The molecule has 2 unspecified atom stereocenters. The Morgan fingerprint density at radius 1 is 0.964 bits per heavy atom. The minimum absolute atomic E-state index is 0.237. The first kappa shape index (κ1) is 20.2. The lowest BCUT2D eigenvalue weighted by atomic mass is 10.1. The summed E-state index contributed by atoms with van der Waals surface area (Å²) in [6.07, 6.45) is 5.63. The molecule has 2 atom stereocenters. The summed E-state index contributed by atoms with van der Waals surface area (Å²) in [5.41, 5.74) is 1.39. The number of likely N-dealkylation sites (tertiary alicyclic amines) is 2. The van der Waals surface area contributed by atoms with Crippen molar-refractivity contribution in [2.75, 3.05) is 45.9 Å². The molecule has 28 heavy (non-hydrogen) atoms. The summed E-state index contributed by atoms with van der Waals surface area (Å²) in [6, 6.07) is 8.63. The summed E-state index contributed by atoms with van der Waals surface area (Å²) in [6.45, 7) is 13.5. The summed E-state index contributed by atoms with van der Waals surface area (Å²) in [5, 5.41) is 0. The molecule has 0 bridgehead atoms. The van der Waals surface area contributed by atoms with E-state index in [9.17, 15) is 0 Å². The molecule has 4 rings (SSSR count). The number of hydrogen-bond acceptors (Lipinski definition) is 4. The second kappa shape index (κ2) is 9.60. The van der Waals surface area contributed by atoms with Crippen molar-refractivity contribution in [2.24, 2.45) is 17.8 Å². The molecule has 3 aliphatic rings. The number of piperidine rings is 2. The van der Waals surface area contributed by atoms with Gasteiger partial charge < -0.3 is 14.4 Å². The van der Waals surface area contributed by atoms with Crippen molar-refractivity contribution in [2.45, 2.75) is 52.2 Å². The Balaban J connectivity index is 1.08. The summed E-state index contributed by atoms with van der Waals surface area (Å²) >= 11 is 0. The number of fused-ring (bicyclic) bond motifs is 1. The second-order valence-electron chi connectivity index (χ2n) is 9.33. The van der Waals surface area contributed by atoms with Gasteiger partial charge in [-0.2, -0.15) is 0 Å². The number of nitrogens with zero attached hydrogens (tertiary/aromatic N) is 2. The van der Waals surface area contributed by atoms with E-state index in [-0.39, 0.29) is 6.10 Å². The van der Waals surface area contributed by atoms with E-state index in [1.54, 1.807) is 0 Å². The van der Waals surface area contributed by atoms with Gasteiger partial charge in [0.15, 0.2) is 0 Å². The van der Waals surface area contributed by atoms with E-state index in [1.807, 2.05) is 0 Å². The van der Waals surface area contributed by atoms with Gasteiger partial charge in [0.05, 0.1) is 12.7 Å². The third kappa shape index (κ3) is 5.49. The van der Waals surface area contributed by atoms with Gasteiger partial charge in [-0.3, -0.25) is 4.90 Å². The molecule has 0 aromatic heterocycles. The number of benzene rings is 1. The van der Waals surface area contributed by atoms with Gasteiger partial charge in [0.1, 0.15) is 5.75 Å². The molecule has 1 saturated carbocycles. The molecule has 3 fully saturated rings. The fraction of sp³-hybridized carbons (Fsp3) is 0.750. The van der Waals surface area contributed by atoms with E-state index >= 15 is 0 Å². The quantitative estimate of drug-likeness (QED) is 0.567. The van der Waals surface area contributed by atoms with Crippen molar-refractivity contribution >= 4 is 0 Å². The van der Waals surface area contributed by atoms with Crippen LogP contribution in [-0.2, 0) is 11.3 Å². The zero-order valence-electron chi connectivity index (χ0n) is 17.8. The van der Waals surface area contributed by atoms with Gasteiger partial charge in [-0.15, -0.1) is 0 Å². The minimum Gasteiger partial charge on any atom is -0.491 e. The SMILES string of the molecule is CC(C)Oc1ccc(CN2CC3C(COCCCN4CCCCC4)C3C2)cc1. The highest BCUT2D eigenvalue weighted by molar-refractivity contribution is 5.27. The lowest BCUT2D eigenvalue weighted by molar-refractivity contribution is 0.0967. The number of rotatable bonds is 10. The molecule has 2 aliphatic heterocycles. The predicted molar refractivity (Wildman–Crippen MR) is 114 cm³/mol. The van der Waals surface area contributed by atoms with Gasteiger partial charge in [0, 0.05) is 32.8 Å². The van der Waals surface area contributed by atoms with Crippen LogP contribution in [0.15, 0.2) is 24.3 Å². The Hall–Kier alpha value is -1.10.